The molecule has 198 valence electrons. The Morgan fingerprint density at radius 1 is 1.03 bits per heavy atom. The van der Waals surface area contributed by atoms with E-state index in [2.05, 4.69) is 21.2 Å². The van der Waals surface area contributed by atoms with Crippen LogP contribution in [-0.4, -0.2) is 28.6 Å². The molecule has 1 aromatic heterocycles. The average Bonchev–Trinajstić information content (AvgIpc) is 2.88. The van der Waals surface area contributed by atoms with E-state index in [-0.39, 0.29) is 46.4 Å². The van der Waals surface area contributed by atoms with Gasteiger partial charge in [-0.05, 0) is 65.4 Å². The Labute approximate surface area is 229 Å². The molecule has 0 saturated carbocycles. The zero-order valence-electron chi connectivity index (χ0n) is 20.4. The smallest absolute Gasteiger partial charge is 0.317 e. The number of pyridine rings is 1. The maximum Gasteiger partial charge on any atom is 0.317 e. The fraction of sp³-hybridized carbons (Fsp3) is 0.333. The molecule has 1 aliphatic heterocycles. The van der Waals surface area contributed by atoms with Gasteiger partial charge in [-0.1, -0.05) is 24.3 Å². The molecule has 2 amide bonds. The predicted molar refractivity (Wildman–Crippen MR) is 144 cm³/mol. The van der Waals surface area contributed by atoms with E-state index in [0.29, 0.717) is 18.8 Å². The molecule has 1 N–H and O–H groups in total. The SMILES string of the molecule is Cc1cc(OCc2ccc(F)cc2F)c(Br)c(=O)n1Cc1ccc(CNC(=O)N2CCCCC2)cc1.Cl. The molecule has 1 saturated heterocycles. The zero-order chi connectivity index (χ0) is 25.7. The number of likely N-dealkylation sites (tertiary alicyclic amines) is 1. The van der Waals surface area contributed by atoms with Crippen molar-refractivity contribution in [3.05, 3.63) is 97.4 Å². The van der Waals surface area contributed by atoms with Crippen molar-refractivity contribution in [2.75, 3.05) is 13.1 Å². The van der Waals surface area contributed by atoms with E-state index in [1.807, 2.05) is 29.2 Å². The number of hydrogen-bond donors (Lipinski definition) is 1. The number of ether oxygens (including phenoxy) is 1. The molecule has 0 aliphatic carbocycles. The molecule has 2 aromatic carbocycles. The maximum absolute atomic E-state index is 13.9. The third-order valence-corrected chi connectivity index (χ3v) is 6.99. The van der Waals surface area contributed by atoms with Gasteiger partial charge in [0.15, 0.2) is 0 Å². The highest BCUT2D eigenvalue weighted by molar-refractivity contribution is 9.10. The van der Waals surface area contributed by atoms with E-state index in [1.54, 1.807) is 17.6 Å². The van der Waals surface area contributed by atoms with Crippen molar-refractivity contribution in [2.45, 2.75) is 45.9 Å². The molecule has 0 bridgehead atoms. The molecular formula is C27H29BrClF2N3O3. The van der Waals surface area contributed by atoms with Crippen LogP contribution in [0.3, 0.4) is 0 Å². The Kier molecular flexibility index (Phi) is 10.1. The van der Waals surface area contributed by atoms with E-state index in [1.165, 1.54) is 12.5 Å². The van der Waals surface area contributed by atoms with Gasteiger partial charge in [0.2, 0.25) is 0 Å². The van der Waals surface area contributed by atoms with Gasteiger partial charge in [-0.15, -0.1) is 12.4 Å². The highest BCUT2D eigenvalue weighted by Gasteiger charge is 2.16. The van der Waals surface area contributed by atoms with Gasteiger partial charge in [0.25, 0.3) is 5.56 Å². The number of piperidine rings is 1. The summed E-state index contributed by atoms with van der Waals surface area (Å²) < 4.78 is 34.5. The lowest BCUT2D eigenvalue weighted by atomic mass is 10.1. The van der Waals surface area contributed by atoms with Crippen LogP contribution < -0.4 is 15.6 Å². The topological polar surface area (TPSA) is 63.6 Å². The van der Waals surface area contributed by atoms with Crippen molar-refractivity contribution < 1.29 is 18.3 Å². The van der Waals surface area contributed by atoms with Crippen LogP contribution in [0.25, 0.3) is 0 Å². The number of amides is 2. The Hall–Kier alpha value is -2.91. The molecule has 4 rings (SSSR count). The number of rotatable bonds is 7. The van der Waals surface area contributed by atoms with Gasteiger partial charge in [0, 0.05) is 43.0 Å². The fourth-order valence-electron chi connectivity index (χ4n) is 4.14. The maximum atomic E-state index is 13.9. The lowest BCUT2D eigenvalue weighted by Gasteiger charge is -2.26. The molecule has 37 heavy (non-hydrogen) atoms. The molecule has 1 fully saturated rings. The van der Waals surface area contributed by atoms with Crippen LogP contribution in [0.4, 0.5) is 13.6 Å². The summed E-state index contributed by atoms with van der Waals surface area (Å²) in [5, 5.41) is 2.97. The minimum absolute atomic E-state index is 0. The first-order valence-electron chi connectivity index (χ1n) is 11.9. The summed E-state index contributed by atoms with van der Waals surface area (Å²) in [6.45, 7) is 4.08. The summed E-state index contributed by atoms with van der Waals surface area (Å²) in [5.74, 6) is -1.07. The van der Waals surface area contributed by atoms with Crippen LogP contribution in [0.2, 0.25) is 0 Å². The van der Waals surface area contributed by atoms with Gasteiger partial charge in [-0.25, -0.2) is 13.6 Å². The number of nitrogens with zero attached hydrogens (tertiary/aromatic N) is 2. The fourth-order valence-corrected chi connectivity index (χ4v) is 4.59. The third kappa shape index (κ3) is 7.32. The monoisotopic (exact) mass is 595 g/mol. The number of carbonyl (C=O) groups is 1. The van der Waals surface area contributed by atoms with Crippen LogP contribution >= 0.6 is 28.3 Å². The van der Waals surface area contributed by atoms with Crippen molar-refractivity contribution in [2.24, 2.45) is 0 Å². The Balaban J connectivity index is 0.00000380. The van der Waals surface area contributed by atoms with Crippen LogP contribution in [0, 0.1) is 18.6 Å². The number of carbonyl (C=O) groups excluding carboxylic acids is 1. The van der Waals surface area contributed by atoms with Crippen LogP contribution in [0.5, 0.6) is 5.75 Å². The van der Waals surface area contributed by atoms with Crippen LogP contribution in [0.15, 0.2) is 57.8 Å². The average molecular weight is 597 g/mol. The first-order chi connectivity index (χ1) is 17.3. The molecule has 6 nitrogen and oxygen atoms in total. The van der Waals surface area contributed by atoms with Crippen LogP contribution in [0.1, 0.15) is 41.6 Å². The summed E-state index contributed by atoms with van der Waals surface area (Å²) >= 11 is 3.30. The minimum atomic E-state index is -0.703. The summed E-state index contributed by atoms with van der Waals surface area (Å²) in [4.78, 5) is 27.1. The van der Waals surface area contributed by atoms with Crippen molar-refractivity contribution in [3.63, 3.8) is 0 Å². The van der Waals surface area contributed by atoms with E-state index in [4.69, 9.17) is 4.74 Å². The van der Waals surface area contributed by atoms with E-state index >= 15 is 0 Å². The van der Waals surface area contributed by atoms with Crippen molar-refractivity contribution in [3.8, 4) is 5.75 Å². The number of halogens is 4. The quantitative estimate of drug-likeness (QED) is 0.367. The first-order valence-corrected chi connectivity index (χ1v) is 12.7. The van der Waals surface area contributed by atoms with E-state index < -0.39 is 11.6 Å². The molecule has 3 aromatic rings. The van der Waals surface area contributed by atoms with Crippen molar-refractivity contribution in [1.29, 1.82) is 0 Å². The molecule has 10 heteroatoms. The Morgan fingerprint density at radius 2 is 1.70 bits per heavy atom. The molecule has 0 atom stereocenters. The number of aryl methyl sites for hydroxylation is 1. The molecule has 0 unspecified atom stereocenters. The summed E-state index contributed by atoms with van der Waals surface area (Å²) in [7, 11) is 0. The summed E-state index contributed by atoms with van der Waals surface area (Å²) in [6.07, 6.45) is 3.28. The number of benzene rings is 2. The van der Waals surface area contributed by atoms with E-state index in [0.717, 1.165) is 49.2 Å². The first kappa shape index (κ1) is 28.7. The van der Waals surface area contributed by atoms with Crippen LogP contribution in [-0.2, 0) is 19.7 Å². The Morgan fingerprint density at radius 3 is 2.38 bits per heavy atom. The Bertz CT molecular complexity index is 1300. The highest BCUT2D eigenvalue weighted by Crippen LogP contribution is 2.24. The molecule has 0 spiro atoms. The number of aromatic nitrogens is 1. The van der Waals surface area contributed by atoms with Gasteiger partial charge in [0.05, 0.1) is 6.54 Å². The lowest BCUT2D eigenvalue weighted by molar-refractivity contribution is 0.186. The number of nitrogens with one attached hydrogen (secondary N) is 1. The van der Waals surface area contributed by atoms with Gasteiger partial charge in [-0.2, -0.15) is 0 Å². The second kappa shape index (κ2) is 13.1. The van der Waals surface area contributed by atoms with E-state index in [9.17, 15) is 18.4 Å². The molecule has 2 heterocycles. The third-order valence-electron chi connectivity index (χ3n) is 6.26. The van der Waals surface area contributed by atoms with Gasteiger partial charge in [-0.3, -0.25) is 4.79 Å². The molecular weight excluding hydrogens is 568 g/mol. The summed E-state index contributed by atoms with van der Waals surface area (Å²) in [5.41, 5.74) is 2.50. The predicted octanol–water partition coefficient (Wildman–Crippen LogP) is 5.94. The van der Waals surface area contributed by atoms with Crippen molar-refractivity contribution >= 4 is 34.4 Å². The highest BCUT2D eigenvalue weighted by atomic mass is 79.9. The second-order valence-electron chi connectivity index (χ2n) is 8.90. The molecule has 0 radical (unpaired) electrons. The number of urea groups is 1. The lowest BCUT2D eigenvalue weighted by Crippen LogP contribution is -2.42. The van der Waals surface area contributed by atoms with Gasteiger partial charge >= 0.3 is 6.03 Å². The zero-order valence-corrected chi connectivity index (χ0v) is 22.8. The largest absolute Gasteiger partial charge is 0.487 e. The molecule has 1 aliphatic rings. The van der Waals surface area contributed by atoms with Gasteiger partial charge in [0.1, 0.15) is 28.5 Å². The summed E-state index contributed by atoms with van der Waals surface area (Å²) in [6, 6.07) is 12.7. The minimum Gasteiger partial charge on any atom is -0.487 e. The standard InChI is InChI=1S/C27H28BrF2N3O3.ClH/c1-18-13-24(36-17-21-9-10-22(29)14-23(21)30)25(28)26(34)33(18)16-20-7-5-19(6-8-20)15-31-27(35)32-11-3-2-4-12-32;/h5-10,13-14H,2-4,11-12,15-17H2,1H3,(H,31,35);1H. The van der Waals surface area contributed by atoms with Crippen molar-refractivity contribution in [1.82, 2.24) is 14.8 Å². The van der Waals surface area contributed by atoms with Gasteiger partial charge < -0.3 is 19.5 Å². The number of hydrogen-bond acceptors (Lipinski definition) is 3. The second-order valence-corrected chi connectivity index (χ2v) is 9.70. The normalized spacial score (nSPS) is 13.1.